The number of nitrogens with zero attached hydrogens (tertiary/aromatic N) is 1. The molecular formula is C32H21NO. The predicted molar refractivity (Wildman–Crippen MR) is 141 cm³/mol. The van der Waals surface area contributed by atoms with Gasteiger partial charge in [0.05, 0.1) is 12.8 Å². The molecule has 0 aliphatic carbocycles. The van der Waals surface area contributed by atoms with Crippen LogP contribution in [0.2, 0.25) is 0 Å². The van der Waals surface area contributed by atoms with Crippen molar-refractivity contribution in [3.05, 3.63) is 120 Å². The number of benzene rings is 5. The maximum atomic E-state index is 5.55. The average molecular weight is 436 g/mol. The molecule has 0 aliphatic heterocycles. The summed E-state index contributed by atoms with van der Waals surface area (Å²) in [5, 5.41) is 6.76. The lowest BCUT2D eigenvalue weighted by Gasteiger charge is -2.12. The molecule has 0 atom stereocenters. The Bertz CT molecular complexity index is 1750. The van der Waals surface area contributed by atoms with E-state index in [1.807, 2.05) is 30.5 Å². The number of fused-ring (bicyclic) bond motifs is 3. The molecule has 0 unspecified atom stereocenters. The third kappa shape index (κ3) is 3.36. The van der Waals surface area contributed by atoms with E-state index < -0.39 is 0 Å². The molecule has 34 heavy (non-hydrogen) atoms. The van der Waals surface area contributed by atoms with Crippen LogP contribution in [0.1, 0.15) is 11.1 Å². The lowest BCUT2D eigenvalue weighted by Crippen LogP contribution is -1.92. The average Bonchev–Trinajstić information content (AvgIpc) is 2.91. The number of aromatic nitrogens is 1. The van der Waals surface area contributed by atoms with E-state index in [-0.39, 0.29) is 0 Å². The molecule has 0 spiro atoms. The summed E-state index contributed by atoms with van der Waals surface area (Å²) in [5.41, 5.74) is 3.96. The van der Waals surface area contributed by atoms with Crippen molar-refractivity contribution in [1.82, 2.24) is 4.98 Å². The third-order valence-corrected chi connectivity index (χ3v) is 6.28. The summed E-state index contributed by atoms with van der Waals surface area (Å²) < 4.78 is 5.55. The van der Waals surface area contributed by atoms with Gasteiger partial charge < -0.3 is 4.74 Å². The van der Waals surface area contributed by atoms with Crippen LogP contribution in [0.4, 0.5) is 0 Å². The van der Waals surface area contributed by atoms with Crippen LogP contribution in [0.15, 0.2) is 109 Å². The van der Waals surface area contributed by atoms with Crippen LogP contribution in [0.3, 0.4) is 0 Å². The van der Waals surface area contributed by atoms with Crippen LogP contribution in [0, 0.1) is 11.8 Å². The standard InChI is InChI=1S/C32H21NO/c1-34-30-19-18-24(26-10-6-7-13-29(26)30)15-17-25-16-14-22-8-2-4-11-27(22)31(25)32-28-12-5-3-9-23(28)20-21-33-32/h2-14,16,18-21H,1H3. The minimum Gasteiger partial charge on any atom is -0.496 e. The molecule has 0 N–H and O–H groups in total. The fourth-order valence-electron chi connectivity index (χ4n) is 4.64. The van der Waals surface area contributed by atoms with Crippen molar-refractivity contribution in [2.45, 2.75) is 0 Å². The van der Waals surface area contributed by atoms with Gasteiger partial charge in [0.2, 0.25) is 0 Å². The highest BCUT2D eigenvalue weighted by Gasteiger charge is 2.13. The fourth-order valence-corrected chi connectivity index (χ4v) is 4.64. The molecule has 2 heteroatoms. The van der Waals surface area contributed by atoms with Gasteiger partial charge in [-0.15, -0.1) is 0 Å². The molecule has 0 amide bonds. The first kappa shape index (κ1) is 20.0. The van der Waals surface area contributed by atoms with Crippen molar-refractivity contribution in [1.29, 1.82) is 0 Å². The molecule has 0 saturated heterocycles. The first-order valence-electron chi connectivity index (χ1n) is 11.3. The molecule has 5 aromatic carbocycles. The van der Waals surface area contributed by atoms with E-state index in [2.05, 4.69) is 90.7 Å². The molecule has 2 nitrogen and oxygen atoms in total. The first-order valence-corrected chi connectivity index (χ1v) is 11.3. The second-order valence-electron chi connectivity index (χ2n) is 8.20. The Kier molecular flexibility index (Phi) is 4.94. The van der Waals surface area contributed by atoms with Crippen LogP contribution in [0.5, 0.6) is 5.75 Å². The predicted octanol–water partition coefficient (Wildman–Crippen LogP) is 7.62. The van der Waals surface area contributed by atoms with E-state index in [1.165, 1.54) is 10.8 Å². The number of hydrogen-bond acceptors (Lipinski definition) is 2. The van der Waals surface area contributed by atoms with Gasteiger partial charge in [0.25, 0.3) is 0 Å². The molecule has 6 rings (SSSR count). The van der Waals surface area contributed by atoms with Crippen molar-refractivity contribution in [2.24, 2.45) is 0 Å². The van der Waals surface area contributed by atoms with Crippen molar-refractivity contribution in [3.63, 3.8) is 0 Å². The largest absolute Gasteiger partial charge is 0.496 e. The summed E-state index contributed by atoms with van der Waals surface area (Å²) in [6.45, 7) is 0. The van der Waals surface area contributed by atoms with Crippen LogP contribution < -0.4 is 4.74 Å². The molecule has 0 aliphatic rings. The molecule has 0 saturated carbocycles. The molecular weight excluding hydrogens is 414 g/mol. The Balaban J connectivity index is 1.62. The smallest absolute Gasteiger partial charge is 0.126 e. The quantitative estimate of drug-likeness (QED) is 0.261. The van der Waals surface area contributed by atoms with Gasteiger partial charge in [-0.3, -0.25) is 4.98 Å². The van der Waals surface area contributed by atoms with Crippen molar-refractivity contribution in [2.75, 3.05) is 7.11 Å². The second-order valence-corrected chi connectivity index (χ2v) is 8.20. The summed E-state index contributed by atoms with van der Waals surface area (Å²) in [5.74, 6) is 7.78. The zero-order chi connectivity index (χ0) is 22.9. The third-order valence-electron chi connectivity index (χ3n) is 6.28. The van der Waals surface area contributed by atoms with E-state index >= 15 is 0 Å². The Morgan fingerprint density at radius 2 is 1.18 bits per heavy atom. The van der Waals surface area contributed by atoms with Gasteiger partial charge in [0, 0.05) is 39.0 Å². The highest BCUT2D eigenvalue weighted by atomic mass is 16.5. The molecule has 160 valence electrons. The van der Waals surface area contributed by atoms with Gasteiger partial charge in [-0.1, -0.05) is 90.7 Å². The lowest BCUT2D eigenvalue weighted by atomic mass is 9.93. The molecule has 6 aromatic rings. The summed E-state index contributed by atoms with van der Waals surface area (Å²) in [6, 6.07) is 35.4. The van der Waals surface area contributed by atoms with Gasteiger partial charge >= 0.3 is 0 Å². The van der Waals surface area contributed by atoms with Crippen LogP contribution in [0.25, 0.3) is 43.6 Å². The van der Waals surface area contributed by atoms with Crippen molar-refractivity contribution >= 4 is 32.3 Å². The van der Waals surface area contributed by atoms with E-state index in [9.17, 15) is 0 Å². The summed E-state index contributed by atoms with van der Waals surface area (Å²) >= 11 is 0. The zero-order valence-electron chi connectivity index (χ0n) is 18.7. The molecule has 1 aromatic heterocycles. The minimum atomic E-state index is 0.854. The zero-order valence-corrected chi connectivity index (χ0v) is 18.7. The van der Waals surface area contributed by atoms with Gasteiger partial charge in [0.15, 0.2) is 0 Å². The number of pyridine rings is 1. The van der Waals surface area contributed by atoms with Crippen molar-refractivity contribution in [3.8, 4) is 28.8 Å². The van der Waals surface area contributed by atoms with Gasteiger partial charge in [-0.05, 0) is 40.4 Å². The Morgan fingerprint density at radius 3 is 1.97 bits per heavy atom. The van der Waals surface area contributed by atoms with Crippen LogP contribution in [-0.2, 0) is 0 Å². The molecule has 0 bridgehead atoms. The summed E-state index contributed by atoms with van der Waals surface area (Å²) in [6.07, 6.45) is 1.88. The Labute approximate surface area is 198 Å². The first-order chi connectivity index (χ1) is 16.8. The van der Waals surface area contributed by atoms with E-state index in [0.717, 1.165) is 49.7 Å². The van der Waals surface area contributed by atoms with Crippen LogP contribution in [-0.4, -0.2) is 12.1 Å². The number of ether oxygens (including phenoxy) is 1. The highest BCUT2D eigenvalue weighted by Crippen LogP contribution is 2.35. The molecule has 0 fully saturated rings. The second kappa shape index (κ2) is 8.39. The number of hydrogen-bond donors (Lipinski definition) is 0. The maximum absolute atomic E-state index is 5.55. The monoisotopic (exact) mass is 435 g/mol. The minimum absolute atomic E-state index is 0.854. The summed E-state index contributed by atoms with van der Waals surface area (Å²) in [4.78, 5) is 4.83. The van der Waals surface area contributed by atoms with E-state index in [4.69, 9.17) is 9.72 Å². The number of rotatable bonds is 2. The van der Waals surface area contributed by atoms with E-state index in [1.54, 1.807) is 7.11 Å². The normalized spacial score (nSPS) is 10.9. The Morgan fingerprint density at radius 1 is 0.559 bits per heavy atom. The lowest BCUT2D eigenvalue weighted by molar-refractivity contribution is 0.420. The summed E-state index contributed by atoms with van der Waals surface area (Å²) in [7, 11) is 1.70. The van der Waals surface area contributed by atoms with E-state index in [0.29, 0.717) is 0 Å². The van der Waals surface area contributed by atoms with Crippen LogP contribution >= 0.6 is 0 Å². The van der Waals surface area contributed by atoms with Gasteiger partial charge in [0.1, 0.15) is 5.75 Å². The fraction of sp³-hybridized carbons (Fsp3) is 0.0312. The topological polar surface area (TPSA) is 22.1 Å². The SMILES string of the molecule is COc1ccc(C#Cc2ccc3ccccc3c2-c2nccc3ccccc23)c2ccccc12. The Hall–Kier alpha value is -4.61. The molecule has 0 radical (unpaired) electrons. The molecule has 1 heterocycles. The highest BCUT2D eigenvalue weighted by molar-refractivity contribution is 6.06. The van der Waals surface area contributed by atoms with Gasteiger partial charge in [-0.25, -0.2) is 0 Å². The number of methoxy groups -OCH3 is 1. The maximum Gasteiger partial charge on any atom is 0.126 e. The van der Waals surface area contributed by atoms with Crippen molar-refractivity contribution < 1.29 is 4.74 Å². The van der Waals surface area contributed by atoms with Gasteiger partial charge in [-0.2, -0.15) is 0 Å².